The Hall–Kier alpha value is -2.56. The van der Waals surface area contributed by atoms with Crippen LogP contribution in [-0.2, 0) is 5.41 Å². The summed E-state index contributed by atoms with van der Waals surface area (Å²) < 4.78 is 11.2. The van der Waals surface area contributed by atoms with Crippen LogP contribution in [0.15, 0.2) is 42.7 Å². The predicted molar refractivity (Wildman–Crippen MR) is 87.0 cm³/mol. The molecular formula is C18H20N2O3. The minimum Gasteiger partial charge on any atom is -0.486 e. The van der Waals surface area contributed by atoms with Crippen LogP contribution in [0.2, 0.25) is 0 Å². The van der Waals surface area contributed by atoms with E-state index in [0.717, 1.165) is 17.1 Å². The number of hydrogen-bond donors (Lipinski definition) is 1. The van der Waals surface area contributed by atoms with E-state index in [-0.39, 0.29) is 11.3 Å². The second-order valence-corrected chi connectivity index (χ2v) is 6.17. The van der Waals surface area contributed by atoms with Gasteiger partial charge >= 0.3 is 0 Å². The van der Waals surface area contributed by atoms with E-state index < -0.39 is 0 Å². The maximum Gasteiger partial charge on any atom is 0.252 e. The van der Waals surface area contributed by atoms with Gasteiger partial charge in [0.25, 0.3) is 5.91 Å². The molecule has 3 rings (SSSR count). The first-order chi connectivity index (χ1) is 11.1. The van der Waals surface area contributed by atoms with Gasteiger partial charge in [-0.1, -0.05) is 19.9 Å². The van der Waals surface area contributed by atoms with Gasteiger partial charge in [0.2, 0.25) is 0 Å². The predicted octanol–water partition coefficient (Wildman–Crippen LogP) is 2.56. The molecule has 0 saturated heterocycles. The standard InChI is InChI=1S/C18H20N2O3/c1-18(2,12-20-17(21)13-4-3-7-19-11-13)14-5-6-15-16(10-14)23-9-8-22-15/h3-7,10-11H,8-9,12H2,1-2H3,(H,20,21). The molecule has 5 heteroatoms. The van der Waals surface area contributed by atoms with Crippen molar-refractivity contribution >= 4 is 5.91 Å². The van der Waals surface area contributed by atoms with E-state index in [0.29, 0.717) is 25.3 Å². The Balaban J connectivity index is 1.70. The van der Waals surface area contributed by atoms with Crippen LogP contribution in [0, 0.1) is 0 Å². The first kappa shape index (κ1) is 15.3. The van der Waals surface area contributed by atoms with Crippen molar-refractivity contribution in [3.05, 3.63) is 53.9 Å². The fraction of sp³-hybridized carbons (Fsp3) is 0.333. The topological polar surface area (TPSA) is 60.5 Å². The zero-order valence-corrected chi connectivity index (χ0v) is 13.3. The van der Waals surface area contributed by atoms with Crippen molar-refractivity contribution in [2.24, 2.45) is 0 Å². The van der Waals surface area contributed by atoms with E-state index >= 15 is 0 Å². The number of rotatable bonds is 4. The van der Waals surface area contributed by atoms with Gasteiger partial charge in [0.05, 0.1) is 5.56 Å². The highest BCUT2D eigenvalue weighted by Gasteiger charge is 2.24. The highest BCUT2D eigenvalue weighted by Crippen LogP contribution is 2.34. The Morgan fingerprint density at radius 3 is 2.74 bits per heavy atom. The van der Waals surface area contributed by atoms with E-state index in [9.17, 15) is 4.79 Å². The Labute approximate surface area is 135 Å². The summed E-state index contributed by atoms with van der Waals surface area (Å²) in [5.74, 6) is 1.42. The van der Waals surface area contributed by atoms with Crippen molar-refractivity contribution in [3.63, 3.8) is 0 Å². The summed E-state index contributed by atoms with van der Waals surface area (Å²) in [5.41, 5.74) is 1.42. The molecule has 1 amide bonds. The van der Waals surface area contributed by atoms with Gasteiger partial charge in [-0.05, 0) is 29.8 Å². The van der Waals surface area contributed by atoms with Gasteiger partial charge < -0.3 is 14.8 Å². The van der Waals surface area contributed by atoms with Crippen molar-refractivity contribution in [1.29, 1.82) is 0 Å². The number of fused-ring (bicyclic) bond motifs is 1. The number of carbonyl (C=O) groups excluding carboxylic acids is 1. The van der Waals surface area contributed by atoms with E-state index in [1.54, 1.807) is 24.5 Å². The monoisotopic (exact) mass is 312 g/mol. The first-order valence-electron chi connectivity index (χ1n) is 7.65. The fourth-order valence-electron chi connectivity index (χ4n) is 2.47. The van der Waals surface area contributed by atoms with Gasteiger partial charge in [0.15, 0.2) is 11.5 Å². The van der Waals surface area contributed by atoms with Crippen LogP contribution in [0.4, 0.5) is 0 Å². The quantitative estimate of drug-likeness (QED) is 0.942. The Morgan fingerprint density at radius 1 is 1.22 bits per heavy atom. The summed E-state index contributed by atoms with van der Waals surface area (Å²) in [5, 5.41) is 2.97. The van der Waals surface area contributed by atoms with Crippen molar-refractivity contribution in [2.75, 3.05) is 19.8 Å². The Bertz CT molecular complexity index is 699. The molecule has 0 bridgehead atoms. The molecule has 0 radical (unpaired) electrons. The number of carbonyl (C=O) groups is 1. The van der Waals surface area contributed by atoms with Crippen LogP contribution in [0.3, 0.4) is 0 Å². The van der Waals surface area contributed by atoms with Gasteiger partial charge in [0, 0.05) is 24.4 Å². The maximum atomic E-state index is 12.2. The number of aromatic nitrogens is 1. The number of ether oxygens (including phenoxy) is 2. The lowest BCUT2D eigenvalue weighted by Crippen LogP contribution is -2.36. The number of pyridine rings is 1. The molecule has 0 aliphatic carbocycles. The SMILES string of the molecule is CC(C)(CNC(=O)c1cccnc1)c1ccc2c(c1)OCCO2. The summed E-state index contributed by atoms with van der Waals surface area (Å²) in [6, 6.07) is 9.43. The summed E-state index contributed by atoms with van der Waals surface area (Å²) in [6.07, 6.45) is 3.21. The van der Waals surface area contributed by atoms with Crippen molar-refractivity contribution < 1.29 is 14.3 Å². The summed E-state index contributed by atoms with van der Waals surface area (Å²) in [4.78, 5) is 16.1. The van der Waals surface area contributed by atoms with Crippen LogP contribution in [0.5, 0.6) is 11.5 Å². The van der Waals surface area contributed by atoms with Gasteiger partial charge in [-0.25, -0.2) is 0 Å². The summed E-state index contributed by atoms with van der Waals surface area (Å²) >= 11 is 0. The minimum absolute atomic E-state index is 0.122. The molecule has 0 spiro atoms. The Kier molecular flexibility index (Phi) is 4.19. The van der Waals surface area contributed by atoms with Gasteiger partial charge in [-0.3, -0.25) is 9.78 Å². The lowest BCUT2D eigenvalue weighted by Gasteiger charge is -2.27. The third-order valence-electron chi connectivity index (χ3n) is 3.94. The summed E-state index contributed by atoms with van der Waals surface area (Å²) in [6.45, 7) is 5.83. The third-order valence-corrected chi connectivity index (χ3v) is 3.94. The van der Waals surface area contributed by atoms with Crippen molar-refractivity contribution in [1.82, 2.24) is 10.3 Å². The molecule has 1 aliphatic heterocycles. The molecule has 2 aromatic rings. The smallest absolute Gasteiger partial charge is 0.252 e. The fourth-order valence-corrected chi connectivity index (χ4v) is 2.47. The maximum absolute atomic E-state index is 12.2. The largest absolute Gasteiger partial charge is 0.486 e. The van der Waals surface area contributed by atoms with E-state index in [4.69, 9.17) is 9.47 Å². The average molecular weight is 312 g/mol. The number of amides is 1. The number of nitrogens with zero attached hydrogens (tertiary/aromatic N) is 1. The van der Waals surface area contributed by atoms with E-state index in [2.05, 4.69) is 24.1 Å². The van der Waals surface area contributed by atoms with Crippen molar-refractivity contribution in [3.8, 4) is 11.5 Å². The number of hydrogen-bond acceptors (Lipinski definition) is 4. The lowest BCUT2D eigenvalue weighted by atomic mass is 9.84. The normalized spacial score (nSPS) is 13.5. The zero-order chi connectivity index (χ0) is 16.3. The van der Waals surface area contributed by atoms with Crippen LogP contribution < -0.4 is 14.8 Å². The van der Waals surface area contributed by atoms with E-state index in [1.165, 1.54) is 0 Å². The van der Waals surface area contributed by atoms with Crippen LogP contribution >= 0.6 is 0 Å². The second kappa shape index (κ2) is 6.28. The molecule has 1 aromatic heterocycles. The lowest BCUT2D eigenvalue weighted by molar-refractivity contribution is 0.0945. The summed E-state index contributed by atoms with van der Waals surface area (Å²) in [7, 11) is 0. The molecule has 2 heterocycles. The molecule has 1 aliphatic rings. The van der Waals surface area contributed by atoms with Gasteiger partial charge in [0.1, 0.15) is 13.2 Å². The third kappa shape index (κ3) is 3.44. The molecule has 0 saturated carbocycles. The molecule has 0 fully saturated rings. The molecule has 5 nitrogen and oxygen atoms in total. The minimum atomic E-state index is -0.228. The Morgan fingerprint density at radius 2 is 2.00 bits per heavy atom. The molecular weight excluding hydrogens is 292 g/mol. The molecule has 23 heavy (non-hydrogen) atoms. The number of benzene rings is 1. The van der Waals surface area contributed by atoms with Crippen LogP contribution in [-0.4, -0.2) is 30.6 Å². The first-order valence-corrected chi connectivity index (χ1v) is 7.65. The molecule has 0 atom stereocenters. The number of nitrogens with one attached hydrogen (secondary N) is 1. The molecule has 0 unspecified atom stereocenters. The van der Waals surface area contributed by atoms with Crippen LogP contribution in [0.1, 0.15) is 29.8 Å². The molecule has 1 aromatic carbocycles. The highest BCUT2D eigenvalue weighted by atomic mass is 16.6. The van der Waals surface area contributed by atoms with Crippen molar-refractivity contribution in [2.45, 2.75) is 19.3 Å². The highest BCUT2D eigenvalue weighted by molar-refractivity contribution is 5.93. The van der Waals surface area contributed by atoms with Crippen LogP contribution in [0.25, 0.3) is 0 Å². The average Bonchev–Trinajstić information content (AvgIpc) is 2.60. The van der Waals surface area contributed by atoms with Gasteiger partial charge in [-0.2, -0.15) is 0 Å². The van der Waals surface area contributed by atoms with Gasteiger partial charge in [-0.15, -0.1) is 0 Å². The zero-order valence-electron chi connectivity index (χ0n) is 13.3. The molecule has 120 valence electrons. The second-order valence-electron chi connectivity index (χ2n) is 6.17. The molecule has 1 N–H and O–H groups in total. The van der Waals surface area contributed by atoms with E-state index in [1.807, 2.05) is 18.2 Å².